The topological polar surface area (TPSA) is 64.4 Å². The Bertz CT molecular complexity index is 834. The number of nitrogens with zero attached hydrogens (tertiary/aromatic N) is 1. The Labute approximate surface area is 137 Å². The fourth-order valence-electron chi connectivity index (χ4n) is 2.25. The third kappa shape index (κ3) is 3.12. The molecular weight excluding hydrogens is 312 g/mol. The Kier molecular flexibility index (Phi) is 4.16. The number of carbonyl (C=O) groups excluding carboxylic acids is 1. The highest BCUT2D eigenvalue weighted by atomic mass is 32.1. The van der Waals surface area contributed by atoms with Gasteiger partial charge in [0.15, 0.2) is 5.13 Å². The van der Waals surface area contributed by atoms with Gasteiger partial charge in [-0.3, -0.25) is 10.1 Å². The van der Waals surface area contributed by atoms with E-state index in [9.17, 15) is 4.79 Å². The molecule has 0 radical (unpaired) electrons. The molecule has 1 aromatic carbocycles. The fraction of sp³-hybridized carbons (Fsp3) is 0.176. The smallest absolute Gasteiger partial charge is 0.260 e. The van der Waals surface area contributed by atoms with Crippen LogP contribution >= 0.6 is 11.3 Å². The first kappa shape index (κ1) is 15.3. The van der Waals surface area contributed by atoms with Crippen molar-refractivity contribution in [3.63, 3.8) is 0 Å². The summed E-state index contributed by atoms with van der Waals surface area (Å²) in [5.41, 5.74) is 2.36. The third-order valence-corrected chi connectivity index (χ3v) is 4.37. The van der Waals surface area contributed by atoms with Gasteiger partial charge in [-0.05, 0) is 44.2 Å². The van der Waals surface area contributed by atoms with Gasteiger partial charge in [0.2, 0.25) is 0 Å². The van der Waals surface area contributed by atoms with Crippen molar-refractivity contribution in [3.8, 4) is 17.0 Å². The number of amides is 1. The molecule has 0 aliphatic carbocycles. The van der Waals surface area contributed by atoms with Crippen molar-refractivity contribution in [2.24, 2.45) is 0 Å². The molecule has 3 aromatic rings. The van der Waals surface area contributed by atoms with Crippen LogP contribution in [0.1, 0.15) is 21.0 Å². The second kappa shape index (κ2) is 6.26. The number of anilines is 1. The van der Waals surface area contributed by atoms with Crippen molar-refractivity contribution >= 4 is 22.4 Å². The molecule has 0 aliphatic rings. The van der Waals surface area contributed by atoms with Crippen molar-refractivity contribution in [3.05, 3.63) is 52.8 Å². The average Bonchev–Trinajstić information content (AvgIpc) is 3.13. The number of methoxy groups -OCH3 is 1. The Balaban J connectivity index is 1.83. The van der Waals surface area contributed by atoms with Gasteiger partial charge < -0.3 is 9.15 Å². The van der Waals surface area contributed by atoms with E-state index in [4.69, 9.17) is 9.15 Å². The molecule has 5 nitrogen and oxygen atoms in total. The summed E-state index contributed by atoms with van der Waals surface area (Å²) < 4.78 is 10.3. The minimum atomic E-state index is -0.216. The lowest BCUT2D eigenvalue weighted by atomic mass is 10.1. The minimum Gasteiger partial charge on any atom is -0.497 e. The molecule has 0 spiro atoms. The van der Waals surface area contributed by atoms with Gasteiger partial charge in [-0.25, -0.2) is 4.98 Å². The summed E-state index contributed by atoms with van der Waals surface area (Å²) in [6.07, 6.45) is 1.50. The number of hydrogen-bond donors (Lipinski definition) is 1. The maximum Gasteiger partial charge on any atom is 0.260 e. The van der Waals surface area contributed by atoms with Gasteiger partial charge in [0.05, 0.1) is 24.6 Å². The molecule has 2 aromatic heterocycles. The number of benzene rings is 1. The quantitative estimate of drug-likeness (QED) is 0.776. The first-order valence-corrected chi connectivity index (χ1v) is 7.87. The molecule has 0 aliphatic heterocycles. The summed E-state index contributed by atoms with van der Waals surface area (Å²) >= 11 is 1.45. The first-order chi connectivity index (χ1) is 11.1. The molecule has 0 saturated heterocycles. The molecule has 0 saturated carbocycles. The van der Waals surface area contributed by atoms with Crippen molar-refractivity contribution in [2.75, 3.05) is 12.4 Å². The number of furan rings is 1. The van der Waals surface area contributed by atoms with Crippen LogP contribution in [0.15, 0.2) is 41.0 Å². The first-order valence-electron chi connectivity index (χ1n) is 7.06. The lowest BCUT2D eigenvalue weighted by Crippen LogP contribution is -2.11. The van der Waals surface area contributed by atoms with Crippen LogP contribution in [0.5, 0.6) is 5.75 Å². The minimum absolute atomic E-state index is 0.216. The number of carbonyl (C=O) groups is 1. The summed E-state index contributed by atoms with van der Waals surface area (Å²) in [5.74, 6) is 1.17. The van der Waals surface area contributed by atoms with E-state index in [-0.39, 0.29) is 5.91 Å². The number of rotatable bonds is 4. The van der Waals surface area contributed by atoms with Crippen LogP contribution in [0.3, 0.4) is 0 Å². The highest BCUT2D eigenvalue weighted by Crippen LogP contribution is 2.31. The number of nitrogens with one attached hydrogen (secondary N) is 1. The van der Waals surface area contributed by atoms with Gasteiger partial charge in [0.25, 0.3) is 5.91 Å². The summed E-state index contributed by atoms with van der Waals surface area (Å²) in [6.45, 7) is 3.74. The molecule has 2 heterocycles. The van der Waals surface area contributed by atoms with Gasteiger partial charge in [0, 0.05) is 10.4 Å². The molecule has 6 heteroatoms. The molecule has 0 unspecified atom stereocenters. The lowest BCUT2D eigenvalue weighted by molar-refractivity contribution is 0.102. The van der Waals surface area contributed by atoms with Crippen LogP contribution in [0.4, 0.5) is 5.13 Å². The Hall–Kier alpha value is -2.60. The summed E-state index contributed by atoms with van der Waals surface area (Å²) in [5, 5.41) is 3.39. The molecule has 1 amide bonds. The maximum absolute atomic E-state index is 12.2. The van der Waals surface area contributed by atoms with E-state index in [1.165, 1.54) is 17.6 Å². The Morgan fingerprint density at radius 1 is 1.22 bits per heavy atom. The largest absolute Gasteiger partial charge is 0.497 e. The zero-order chi connectivity index (χ0) is 16.4. The van der Waals surface area contributed by atoms with Crippen LogP contribution in [-0.4, -0.2) is 18.0 Å². The Morgan fingerprint density at radius 3 is 2.57 bits per heavy atom. The van der Waals surface area contributed by atoms with E-state index in [1.807, 2.05) is 31.2 Å². The maximum atomic E-state index is 12.2. The number of aryl methyl sites for hydroxylation is 2. The van der Waals surface area contributed by atoms with E-state index in [1.54, 1.807) is 20.1 Å². The van der Waals surface area contributed by atoms with Crippen LogP contribution in [0.2, 0.25) is 0 Å². The van der Waals surface area contributed by atoms with Gasteiger partial charge in [-0.1, -0.05) is 0 Å². The number of hydrogen-bond acceptors (Lipinski definition) is 5. The van der Waals surface area contributed by atoms with Crippen molar-refractivity contribution < 1.29 is 13.9 Å². The van der Waals surface area contributed by atoms with E-state index < -0.39 is 0 Å². The fourth-order valence-corrected chi connectivity index (χ4v) is 3.08. The van der Waals surface area contributed by atoms with Crippen molar-refractivity contribution in [1.82, 2.24) is 4.98 Å². The summed E-state index contributed by atoms with van der Waals surface area (Å²) in [6, 6.07) is 9.33. The van der Waals surface area contributed by atoms with Crippen LogP contribution in [0.25, 0.3) is 11.3 Å². The standard InChI is InChI=1S/C17H16N2O3S/c1-10-14(8-9-22-10)16(20)19-17-18-15(11(2)23-17)12-4-6-13(21-3)7-5-12/h4-9H,1-3H3,(H,18,19,20). The summed E-state index contributed by atoms with van der Waals surface area (Å²) in [4.78, 5) is 17.8. The molecule has 0 atom stereocenters. The van der Waals surface area contributed by atoms with E-state index >= 15 is 0 Å². The second-order valence-corrected chi connectivity index (χ2v) is 6.20. The van der Waals surface area contributed by atoms with Crippen LogP contribution < -0.4 is 10.1 Å². The van der Waals surface area contributed by atoms with E-state index in [0.717, 1.165) is 21.9 Å². The number of aromatic nitrogens is 1. The summed E-state index contributed by atoms with van der Waals surface area (Å²) in [7, 11) is 1.63. The Morgan fingerprint density at radius 2 is 1.96 bits per heavy atom. The molecule has 1 N–H and O–H groups in total. The van der Waals surface area contributed by atoms with Crippen LogP contribution in [-0.2, 0) is 0 Å². The average molecular weight is 328 g/mol. The zero-order valence-corrected chi connectivity index (χ0v) is 13.9. The van der Waals surface area contributed by atoms with Crippen LogP contribution in [0, 0.1) is 13.8 Å². The van der Waals surface area contributed by atoms with Gasteiger partial charge in [-0.2, -0.15) is 0 Å². The lowest BCUT2D eigenvalue weighted by Gasteiger charge is -2.02. The van der Waals surface area contributed by atoms with Crippen molar-refractivity contribution in [2.45, 2.75) is 13.8 Å². The van der Waals surface area contributed by atoms with Gasteiger partial charge >= 0.3 is 0 Å². The highest BCUT2D eigenvalue weighted by Gasteiger charge is 2.15. The second-order valence-electron chi connectivity index (χ2n) is 5.00. The van der Waals surface area contributed by atoms with Crippen molar-refractivity contribution in [1.29, 1.82) is 0 Å². The molecule has 0 bridgehead atoms. The number of ether oxygens (including phenoxy) is 1. The highest BCUT2D eigenvalue weighted by molar-refractivity contribution is 7.16. The number of thiazole rings is 1. The van der Waals surface area contributed by atoms with Gasteiger partial charge in [-0.15, -0.1) is 11.3 Å². The SMILES string of the molecule is COc1ccc(-c2nc(NC(=O)c3ccoc3C)sc2C)cc1. The van der Waals surface area contributed by atoms with E-state index in [0.29, 0.717) is 16.5 Å². The van der Waals surface area contributed by atoms with Gasteiger partial charge in [0.1, 0.15) is 11.5 Å². The molecular formula is C17H16N2O3S. The van der Waals surface area contributed by atoms with E-state index in [2.05, 4.69) is 10.3 Å². The zero-order valence-electron chi connectivity index (χ0n) is 13.0. The predicted molar refractivity (Wildman–Crippen MR) is 90.2 cm³/mol. The molecule has 23 heavy (non-hydrogen) atoms. The predicted octanol–water partition coefficient (Wildman–Crippen LogP) is 4.28. The molecule has 118 valence electrons. The molecule has 0 fully saturated rings. The normalized spacial score (nSPS) is 10.6. The molecule has 3 rings (SSSR count). The monoisotopic (exact) mass is 328 g/mol. The third-order valence-electron chi connectivity index (χ3n) is 3.48.